The molecule has 0 bridgehead atoms. The van der Waals surface area contributed by atoms with E-state index < -0.39 is 0 Å². The van der Waals surface area contributed by atoms with Crippen LogP contribution < -0.4 is 4.74 Å². The van der Waals surface area contributed by atoms with Gasteiger partial charge in [0, 0.05) is 31.5 Å². The molecule has 0 N–H and O–H groups in total. The fraction of sp³-hybridized carbons (Fsp3) is 0.273. The number of aromatic nitrogens is 1. The number of carbonyl (C=O) groups excluding carboxylic acids is 1. The summed E-state index contributed by atoms with van der Waals surface area (Å²) in [5, 5.41) is 1.12. The first-order chi connectivity index (χ1) is 12.5. The lowest BCUT2D eigenvalue weighted by atomic mass is 10.0. The van der Waals surface area contributed by atoms with E-state index in [-0.39, 0.29) is 5.91 Å². The van der Waals surface area contributed by atoms with Crippen molar-refractivity contribution in [3.63, 3.8) is 0 Å². The van der Waals surface area contributed by atoms with Gasteiger partial charge in [-0.2, -0.15) is 0 Å². The van der Waals surface area contributed by atoms with Gasteiger partial charge in [-0.1, -0.05) is 12.1 Å². The van der Waals surface area contributed by atoms with Gasteiger partial charge in [0.15, 0.2) is 0 Å². The lowest BCUT2D eigenvalue weighted by Gasteiger charge is -2.12. The Bertz CT molecular complexity index is 1010. The molecule has 1 aliphatic heterocycles. The molecule has 0 aliphatic carbocycles. The Balaban J connectivity index is 1.75. The maximum Gasteiger partial charge on any atom is 0.226 e. The van der Waals surface area contributed by atoms with Crippen LogP contribution in [0.5, 0.6) is 5.75 Å². The van der Waals surface area contributed by atoms with E-state index in [1.54, 1.807) is 19.0 Å². The quantitative estimate of drug-likeness (QED) is 0.725. The third kappa shape index (κ3) is 3.03. The van der Waals surface area contributed by atoms with Gasteiger partial charge in [-0.3, -0.25) is 4.79 Å². The van der Waals surface area contributed by atoms with Crippen LogP contribution in [0.2, 0.25) is 0 Å². The van der Waals surface area contributed by atoms with Gasteiger partial charge in [-0.15, -0.1) is 0 Å². The Morgan fingerprint density at radius 2 is 2.00 bits per heavy atom. The normalized spacial score (nSPS) is 12.7. The average Bonchev–Trinajstić information content (AvgIpc) is 3.09. The predicted octanol–water partition coefficient (Wildman–Crippen LogP) is 3.78. The van der Waals surface area contributed by atoms with Crippen molar-refractivity contribution in [1.82, 2.24) is 9.88 Å². The van der Waals surface area contributed by atoms with Crippen LogP contribution in [0.25, 0.3) is 22.2 Å². The van der Waals surface area contributed by atoms with Crippen molar-refractivity contribution in [3.8, 4) is 17.0 Å². The summed E-state index contributed by atoms with van der Waals surface area (Å²) >= 11 is 0. The molecular weight excluding hydrogens is 324 g/mol. The van der Waals surface area contributed by atoms with Crippen LogP contribution in [0.4, 0.5) is 0 Å². The smallest absolute Gasteiger partial charge is 0.226 e. The summed E-state index contributed by atoms with van der Waals surface area (Å²) in [6, 6.07) is 14.5. The fourth-order valence-corrected chi connectivity index (χ4v) is 3.38. The minimum Gasteiger partial charge on any atom is -0.493 e. The van der Waals surface area contributed by atoms with Gasteiger partial charge in [0.2, 0.25) is 5.91 Å². The molecule has 1 amide bonds. The maximum absolute atomic E-state index is 12.0. The van der Waals surface area contributed by atoms with Gasteiger partial charge in [-0.05, 0) is 53.9 Å². The fourth-order valence-electron chi connectivity index (χ4n) is 3.38. The molecule has 4 nitrogen and oxygen atoms in total. The molecule has 0 saturated heterocycles. The van der Waals surface area contributed by atoms with Gasteiger partial charge < -0.3 is 9.64 Å². The monoisotopic (exact) mass is 346 g/mol. The predicted molar refractivity (Wildman–Crippen MR) is 104 cm³/mol. The maximum atomic E-state index is 12.0. The van der Waals surface area contributed by atoms with Gasteiger partial charge in [-0.25, -0.2) is 4.98 Å². The molecule has 0 fully saturated rings. The lowest BCUT2D eigenvalue weighted by molar-refractivity contribution is -0.127. The molecule has 0 radical (unpaired) electrons. The van der Waals surface area contributed by atoms with E-state index in [9.17, 15) is 4.79 Å². The molecule has 3 aromatic rings. The van der Waals surface area contributed by atoms with E-state index in [4.69, 9.17) is 9.72 Å². The number of carbonyl (C=O) groups is 1. The molecule has 132 valence electrons. The van der Waals surface area contributed by atoms with Gasteiger partial charge in [0.1, 0.15) is 5.75 Å². The molecule has 0 saturated carbocycles. The van der Waals surface area contributed by atoms with Gasteiger partial charge >= 0.3 is 0 Å². The second-order valence-corrected chi connectivity index (χ2v) is 7.06. The zero-order valence-corrected chi connectivity index (χ0v) is 15.4. The average molecular weight is 346 g/mol. The molecular formula is C22H22N2O2. The summed E-state index contributed by atoms with van der Waals surface area (Å²) in [5.74, 6) is 1.08. The number of likely N-dealkylation sites (N-methyl/N-ethyl adjacent to an activating group) is 1. The number of ether oxygens (including phenoxy) is 1. The summed E-state index contributed by atoms with van der Waals surface area (Å²) in [7, 11) is 3.56. The van der Waals surface area contributed by atoms with E-state index in [0.717, 1.165) is 46.5 Å². The molecule has 2 heterocycles. The first-order valence-electron chi connectivity index (χ1n) is 8.88. The summed E-state index contributed by atoms with van der Waals surface area (Å²) < 4.78 is 5.60. The molecule has 0 atom stereocenters. The third-order valence-electron chi connectivity index (χ3n) is 4.92. The van der Waals surface area contributed by atoms with E-state index in [1.807, 2.05) is 18.2 Å². The SMILES string of the molecule is Cc1cc(-c2ccc3c(c2)CCO3)nc2cc(CC(=O)N(C)C)ccc12. The zero-order chi connectivity index (χ0) is 18.3. The Kier molecular flexibility index (Phi) is 4.11. The molecule has 0 unspecified atom stereocenters. The minimum atomic E-state index is 0.0934. The van der Waals surface area contributed by atoms with Gasteiger partial charge in [0.05, 0.1) is 24.2 Å². The molecule has 1 aromatic heterocycles. The van der Waals surface area contributed by atoms with Crippen LogP contribution in [-0.2, 0) is 17.6 Å². The first-order valence-corrected chi connectivity index (χ1v) is 8.88. The number of amides is 1. The van der Waals surface area contributed by atoms with Crippen LogP contribution in [-0.4, -0.2) is 36.5 Å². The van der Waals surface area contributed by atoms with Crippen molar-refractivity contribution >= 4 is 16.8 Å². The van der Waals surface area contributed by atoms with Crippen molar-refractivity contribution in [2.24, 2.45) is 0 Å². The van der Waals surface area contributed by atoms with Crippen LogP contribution in [0.15, 0.2) is 42.5 Å². The summed E-state index contributed by atoms with van der Waals surface area (Å²) in [4.78, 5) is 18.5. The molecule has 2 aromatic carbocycles. The standard InChI is InChI=1S/C22H22N2O2/c1-14-10-19(16-5-7-21-17(13-16)8-9-26-21)23-20-11-15(4-6-18(14)20)12-22(25)24(2)3/h4-7,10-11,13H,8-9,12H2,1-3H3. The van der Waals surface area contributed by atoms with E-state index in [1.165, 1.54) is 11.1 Å². The molecule has 1 aliphatic rings. The first kappa shape index (κ1) is 16.6. The summed E-state index contributed by atoms with van der Waals surface area (Å²) in [5.41, 5.74) is 6.41. The Labute approximate surface area is 153 Å². The van der Waals surface area contributed by atoms with Gasteiger partial charge in [0.25, 0.3) is 0 Å². The number of pyridine rings is 1. The highest BCUT2D eigenvalue weighted by molar-refractivity contribution is 5.87. The number of benzene rings is 2. The van der Waals surface area contributed by atoms with Crippen molar-refractivity contribution < 1.29 is 9.53 Å². The highest BCUT2D eigenvalue weighted by atomic mass is 16.5. The number of hydrogen-bond acceptors (Lipinski definition) is 3. The van der Waals surface area contributed by atoms with Crippen LogP contribution in [0, 0.1) is 6.92 Å². The van der Waals surface area contributed by atoms with Crippen molar-refractivity contribution in [2.45, 2.75) is 19.8 Å². The molecule has 26 heavy (non-hydrogen) atoms. The van der Waals surface area contributed by atoms with Crippen molar-refractivity contribution in [3.05, 3.63) is 59.2 Å². The molecule has 4 rings (SSSR count). The third-order valence-corrected chi connectivity index (χ3v) is 4.92. The molecule has 0 spiro atoms. The lowest BCUT2D eigenvalue weighted by Crippen LogP contribution is -2.23. The zero-order valence-electron chi connectivity index (χ0n) is 15.4. The second kappa shape index (κ2) is 6.45. The Morgan fingerprint density at radius 3 is 2.81 bits per heavy atom. The number of nitrogens with zero attached hydrogens (tertiary/aromatic N) is 2. The number of aryl methyl sites for hydroxylation is 1. The summed E-state index contributed by atoms with van der Waals surface area (Å²) in [6.07, 6.45) is 1.34. The molecule has 4 heteroatoms. The topological polar surface area (TPSA) is 42.4 Å². The summed E-state index contributed by atoms with van der Waals surface area (Å²) in [6.45, 7) is 2.86. The largest absolute Gasteiger partial charge is 0.493 e. The number of rotatable bonds is 3. The highest BCUT2D eigenvalue weighted by Crippen LogP contribution is 2.31. The van der Waals surface area contributed by atoms with Crippen LogP contribution >= 0.6 is 0 Å². The minimum absolute atomic E-state index is 0.0934. The second-order valence-electron chi connectivity index (χ2n) is 7.06. The Morgan fingerprint density at radius 1 is 1.15 bits per heavy atom. The van der Waals surface area contributed by atoms with E-state index in [0.29, 0.717) is 6.42 Å². The van der Waals surface area contributed by atoms with E-state index in [2.05, 4.69) is 31.2 Å². The highest BCUT2D eigenvalue weighted by Gasteiger charge is 2.14. The van der Waals surface area contributed by atoms with Crippen LogP contribution in [0.1, 0.15) is 16.7 Å². The van der Waals surface area contributed by atoms with E-state index >= 15 is 0 Å². The van der Waals surface area contributed by atoms with Crippen molar-refractivity contribution in [1.29, 1.82) is 0 Å². The number of fused-ring (bicyclic) bond motifs is 2. The van der Waals surface area contributed by atoms with Crippen LogP contribution in [0.3, 0.4) is 0 Å². The van der Waals surface area contributed by atoms with Crippen molar-refractivity contribution in [2.75, 3.05) is 20.7 Å². The Hall–Kier alpha value is -2.88. The number of hydrogen-bond donors (Lipinski definition) is 0.